The third-order valence-corrected chi connectivity index (χ3v) is 4.31. The predicted molar refractivity (Wildman–Crippen MR) is 72.7 cm³/mol. The molecule has 0 heterocycles. The van der Waals surface area contributed by atoms with Crippen molar-refractivity contribution in [2.75, 3.05) is 13.2 Å². The van der Waals surface area contributed by atoms with Crippen LogP contribution in [0.3, 0.4) is 0 Å². The quantitative estimate of drug-likeness (QED) is 0.372. The van der Waals surface area contributed by atoms with Crippen LogP contribution in [-0.4, -0.2) is 33.0 Å². The van der Waals surface area contributed by atoms with Gasteiger partial charge in [-0.1, -0.05) is 23.3 Å². The van der Waals surface area contributed by atoms with E-state index in [2.05, 4.69) is 8.83 Å². The van der Waals surface area contributed by atoms with Gasteiger partial charge in [0.15, 0.2) is 0 Å². The fraction of sp³-hybridized carbons (Fsp3) is 0.600. The monoisotopic (exact) mass is 330 g/mol. The Morgan fingerprint density at radius 1 is 1.10 bits per heavy atom. The summed E-state index contributed by atoms with van der Waals surface area (Å²) in [6.07, 6.45) is 4.74. The maximum absolute atomic E-state index is 11.1. The summed E-state index contributed by atoms with van der Waals surface area (Å²) < 4.78 is 29.5. The van der Waals surface area contributed by atoms with E-state index in [-0.39, 0.29) is 13.2 Å². The molecule has 0 aliphatic heterocycles. The van der Waals surface area contributed by atoms with Crippen LogP contribution in [0.1, 0.15) is 26.7 Å². The van der Waals surface area contributed by atoms with E-state index in [1.54, 1.807) is 13.8 Å². The predicted octanol–water partition coefficient (Wildman–Crippen LogP) is 1.88. The number of rotatable bonds is 9. The highest BCUT2D eigenvalue weighted by molar-refractivity contribution is 7.60. The second kappa shape index (κ2) is 8.87. The van der Waals surface area contributed by atoms with Crippen molar-refractivity contribution in [1.29, 1.82) is 0 Å². The molecule has 0 bridgehead atoms. The summed E-state index contributed by atoms with van der Waals surface area (Å²) in [5.41, 5.74) is 1.71. The minimum absolute atomic E-state index is 0.000712. The molecular formula is C10H20O8P2. The Kier molecular flexibility index (Phi) is 8.74. The zero-order valence-corrected chi connectivity index (χ0v) is 13.1. The fourth-order valence-corrected chi connectivity index (χ4v) is 2.67. The number of aliphatic hydroxyl groups is 1. The van der Waals surface area contributed by atoms with Crippen molar-refractivity contribution in [3.05, 3.63) is 23.3 Å². The van der Waals surface area contributed by atoms with Gasteiger partial charge in [0, 0.05) is 0 Å². The molecular weight excluding hydrogens is 310 g/mol. The zero-order valence-electron chi connectivity index (χ0n) is 11.3. The standard InChI is InChI=1S/C10H20O8P2/c1-9(4-3-5-10(2)8-11)6-7-17-20(15,16)18-19(12,13)14/h5-6,11H,3-4,7-8H2,1-2H3,(H,15,16)(H2,12,13,14). The van der Waals surface area contributed by atoms with Gasteiger partial charge in [-0.05, 0) is 26.7 Å². The smallest absolute Gasteiger partial charge is 0.392 e. The van der Waals surface area contributed by atoms with E-state index in [9.17, 15) is 9.13 Å². The van der Waals surface area contributed by atoms with E-state index in [0.717, 1.165) is 11.1 Å². The average Bonchev–Trinajstić information content (AvgIpc) is 2.25. The minimum atomic E-state index is -5.07. The molecule has 0 aromatic heterocycles. The Morgan fingerprint density at radius 2 is 1.70 bits per heavy atom. The van der Waals surface area contributed by atoms with Crippen LogP contribution >= 0.6 is 15.6 Å². The van der Waals surface area contributed by atoms with Gasteiger partial charge >= 0.3 is 15.6 Å². The summed E-state index contributed by atoms with van der Waals surface area (Å²) in [6, 6.07) is 0. The third-order valence-electron chi connectivity index (χ3n) is 2.16. The van der Waals surface area contributed by atoms with Crippen LogP contribution in [0.2, 0.25) is 0 Å². The molecule has 0 aromatic carbocycles. The van der Waals surface area contributed by atoms with Gasteiger partial charge in [-0.2, -0.15) is 4.31 Å². The Morgan fingerprint density at radius 3 is 2.20 bits per heavy atom. The molecule has 20 heavy (non-hydrogen) atoms. The van der Waals surface area contributed by atoms with Crippen LogP contribution in [0, 0.1) is 0 Å². The van der Waals surface area contributed by atoms with Crippen LogP contribution in [0.25, 0.3) is 0 Å². The molecule has 118 valence electrons. The Hall–Kier alpha value is -0.300. The van der Waals surface area contributed by atoms with E-state index in [1.165, 1.54) is 6.08 Å². The minimum Gasteiger partial charge on any atom is -0.392 e. The third kappa shape index (κ3) is 11.5. The summed E-state index contributed by atoms with van der Waals surface area (Å²) in [7, 11) is -9.84. The highest BCUT2D eigenvalue weighted by atomic mass is 31.3. The molecule has 1 atom stereocenters. The molecule has 0 aromatic rings. The molecule has 0 radical (unpaired) electrons. The molecule has 1 unspecified atom stereocenters. The van der Waals surface area contributed by atoms with E-state index in [1.807, 2.05) is 6.08 Å². The lowest BCUT2D eigenvalue weighted by Crippen LogP contribution is -1.94. The van der Waals surface area contributed by atoms with Gasteiger partial charge in [-0.15, -0.1) is 0 Å². The summed E-state index contributed by atoms with van der Waals surface area (Å²) in [5.74, 6) is 0. The Balaban J connectivity index is 4.17. The van der Waals surface area contributed by atoms with Gasteiger partial charge in [0.05, 0.1) is 13.2 Å². The van der Waals surface area contributed by atoms with E-state index >= 15 is 0 Å². The van der Waals surface area contributed by atoms with Crippen molar-refractivity contribution < 1.29 is 37.8 Å². The molecule has 8 nitrogen and oxygen atoms in total. The zero-order chi connectivity index (χ0) is 15.8. The molecule has 4 N–H and O–H groups in total. The van der Waals surface area contributed by atoms with Crippen LogP contribution in [0.5, 0.6) is 0 Å². The largest absolute Gasteiger partial charge is 0.481 e. The average molecular weight is 330 g/mol. The second-order valence-corrected chi connectivity index (χ2v) is 6.96. The topological polar surface area (TPSA) is 134 Å². The van der Waals surface area contributed by atoms with Gasteiger partial charge in [0.25, 0.3) is 0 Å². The van der Waals surface area contributed by atoms with Crippen molar-refractivity contribution in [1.82, 2.24) is 0 Å². The van der Waals surface area contributed by atoms with E-state index < -0.39 is 15.6 Å². The maximum Gasteiger partial charge on any atom is 0.481 e. The summed E-state index contributed by atoms with van der Waals surface area (Å²) in [4.78, 5) is 25.8. The first-order valence-electron chi connectivity index (χ1n) is 5.72. The summed E-state index contributed by atoms with van der Waals surface area (Å²) >= 11 is 0. The molecule has 0 rings (SSSR count). The highest BCUT2D eigenvalue weighted by Gasteiger charge is 2.31. The van der Waals surface area contributed by atoms with Crippen molar-refractivity contribution >= 4 is 15.6 Å². The Bertz CT molecular complexity index is 450. The number of allylic oxidation sites excluding steroid dienone is 2. The van der Waals surface area contributed by atoms with Gasteiger partial charge in [-0.3, -0.25) is 4.52 Å². The normalized spacial score (nSPS) is 17.1. The fourth-order valence-electron chi connectivity index (χ4n) is 1.14. The van der Waals surface area contributed by atoms with Gasteiger partial charge in [-0.25, -0.2) is 9.13 Å². The van der Waals surface area contributed by atoms with Crippen LogP contribution in [-0.2, 0) is 18.0 Å². The van der Waals surface area contributed by atoms with Crippen LogP contribution < -0.4 is 0 Å². The van der Waals surface area contributed by atoms with Crippen LogP contribution in [0.4, 0.5) is 0 Å². The number of phosphoric acid groups is 2. The van der Waals surface area contributed by atoms with E-state index in [0.29, 0.717) is 12.8 Å². The van der Waals surface area contributed by atoms with Gasteiger partial charge < -0.3 is 19.8 Å². The molecule has 0 spiro atoms. The maximum atomic E-state index is 11.1. The highest BCUT2D eigenvalue weighted by Crippen LogP contribution is 2.57. The van der Waals surface area contributed by atoms with Crippen molar-refractivity contribution in [3.63, 3.8) is 0 Å². The first kappa shape index (κ1) is 19.7. The van der Waals surface area contributed by atoms with Crippen molar-refractivity contribution in [2.24, 2.45) is 0 Å². The van der Waals surface area contributed by atoms with Crippen LogP contribution in [0.15, 0.2) is 23.3 Å². The van der Waals surface area contributed by atoms with E-state index in [4.69, 9.17) is 19.8 Å². The molecule has 0 saturated carbocycles. The Labute approximate surface area is 117 Å². The lowest BCUT2D eigenvalue weighted by atomic mass is 10.1. The molecule has 0 fully saturated rings. The lowest BCUT2D eigenvalue weighted by molar-refractivity contribution is 0.191. The van der Waals surface area contributed by atoms with Gasteiger partial charge in [0.1, 0.15) is 0 Å². The SMILES string of the molecule is CC(=CCCC(C)=CCOP(=O)(O)OP(=O)(O)O)CO. The summed E-state index contributed by atoms with van der Waals surface area (Å²) in [6.45, 7) is 3.27. The van der Waals surface area contributed by atoms with Crippen molar-refractivity contribution in [3.8, 4) is 0 Å². The number of phosphoric ester groups is 1. The summed E-state index contributed by atoms with van der Waals surface area (Å²) in [5, 5.41) is 8.78. The molecule has 0 saturated heterocycles. The number of hydrogen-bond donors (Lipinski definition) is 4. The lowest BCUT2D eigenvalue weighted by Gasteiger charge is -2.11. The van der Waals surface area contributed by atoms with Crippen molar-refractivity contribution in [2.45, 2.75) is 26.7 Å². The molecule has 0 aliphatic rings. The number of hydrogen-bond acceptors (Lipinski definition) is 5. The second-order valence-electron chi connectivity index (χ2n) is 4.13. The first-order valence-corrected chi connectivity index (χ1v) is 8.74. The number of aliphatic hydroxyl groups excluding tert-OH is 1. The first-order chi connectivity index (χ1) is 9.06. The molecule has 0 amide bonds. The molecule has 0 aliphatic carbocycles. The molecule has 10 heteroatoms. The van der Waals surface area contributed by atoms with Gasteiger partial charge in [0.2, 0.25) is 0 Å².